The lowest BCUT2D eigenvalue weighted by Crippen LogP contribution is -2.43. The number of hydrogen-bond acceptors (Lipinski definition) is 3. The van der Waals surface area contributed by atoms with Crippen molar-refractivity contribution in [2.75, 3.05) is 32.9 Å². The van der Waals surface area contributed by atoms with Gasteiger partial charge in [-0.05, 0) is 33.0 Å². The summed E-state index contributed by atoms with van der Waals surface area (Å²) in [5.41, 5.74) is 7.13. The van der Waals surface area contributed by atoms with Crippen LogP contribution in [0.1, 0.15) is 36.2 Å². The van der Waals surface area contributed by atoms with E-state index >= 15 is 0 Å². The second-order valence-corrected chi connectivity index (χ2v) is 6.01. The molecule has 1 amide bonds. The molecule has 20 heavy (non-hydrogen) atoms. The number of anilines is 1. The van der Waals surface area contributed by atoms with E-state index in [2.05, 4.69) is 4.90 Å². The van der Waals surface area contributed by atoms with Crippen LogP contribution in [0.25, 0.3) is 0 Å². The van der Waals surface area contributed by atoms with E-state index in [1.165, 1.54) is 12.8 Å². The first-order valence-electron chi connectivity index (χ1n) is 7.36. The van der Waals surface area contributed by atoms with Gasteiger partial charge in [-0.15, -0.1) is 0 Å². The average molecular weight is 278 g/mol. The molecule has 5 nitrogen and oxygen atoms in total. The number of hydrogen-bond donors (Lipinski definition) is 1. The van der Waals surface area contributed by atoms with Crippen molar-refractivity contribution in [3.63, 3.8) is 0 Å². The summed E-state index contributed by atoms with van der Waals surface area (Å²) < 4.78 is 1.83. The standard InChI is InChI=1S/C15H26N4O/c1-17(2)8-9-19(13-6-4-5-7-13)15(20)14-10-12(16)11-18(14)3/h10-11,13H,4-9,16H2,1-3H3. The summed E-state index contributed by atoms with van der Waals surface area (Å²) in [6.07, 6.45) is 6.50. The van der Waals surface area contributed by atoms with Crippen LogP contribution >= 0.6 is 0 Å². The number of carbonyl (C=O) groups is 1. The molecule has 1 aliphatic carbocycles. The maximum atomic E-state index is 12.8. The highest BCUT2D eigenvalue weighted by molar-refractivity contribution is 5.94. The number of amides is 1. The van der Waals surface area contributed by atoms with Gasteiger partial charge in [0.25, 0.3) is 5.91 Å². The van der Waals surface area contributed by atoms with Crippen molar-refractivity contribution >= 4 is 11.6 Å². The SMILES string of the molecule is CN(C)CCN(C(=O)c1cc(N)cn1C)C1CCCC1. The van der Waals surface area contributed by atoms with Crippen LogP contribution in [0.4, 0.5) is 5.69 Å². The molecule has 1 heterocycles. The molecule has 2 N–H and O–H groups in total. The summed E-state index contributed by atoms with van der Waals surface area (Å²) in [4.78, 5) is 17.0. The third-order valence-electron chi connectivity index (χ3n) is 4.06. The van der Waals surface area contributed by atoms with Crippen molar-refractivity contribution in [2.45, 2.75) is 31.7 Å². The van der Waals surface area contributed by atoms with Gasteiger partial charge in [-0.1, -0.05) is 12.8 Å². The fourth-order valence-corrected chi connectivity index (χ4v) is 2.92. The Bertz CT molecular complexity index is 460. The molecule has 1 fully saturated rings. The summed E-state index contributed by atoms with van der Waals surface area (Å²) in [7, 11) is 5.96. The fraction of sp³-hybridized carbons (Fsp3) is 0.667. The largest absolute Gasteiger partial charge is 0.397 e. The predicted octanol–water partition coefficient (Wildman–Crippen LogP) is 1.55. The molecule has 0 aromatic carbocycles. The molecule has 1 aromatic rings. The number of aryl methyl sites for hydroxylation is 1. The molecule has 1 aliphatic rings. The zero-order valence-corrected chi connectivity index (χ0v) is 12.8. The van der Waals surface area contributed by atoms with E-state index in [9.17, 15) is 4.79 Å². The number of aromatic nitrogens is 1. The number of rotatable bonds is 5. The van der Waals surface area contributed by atoms with Gasteiger partial charge in [-0.25, -0.2) is 0 Å². The molecule has 0 saturated heterocycles. The Hall–Kier alpha value is -1.49. The van der Waals surface area contributed by atoms with Gasteiger partial charge in [-0.2, -0.15) is 0 Å². The third-order valence-corrected chi connectivity index (χ3v) is 4.06. The van der Waals surface area contributed by atoms with E-state index in [4.69, 9.17) is 5.73 Å². The van der Waals surface area contributed by atoms with Crippen LogP contribution in [-0.2, 0) is 7.05 Å². The second kappa shape index (κ2) is 6.31. The van der Waals surface area contributed by atoms with Gasteiger partial charge in [0, 0.05) is 32.4 Å². The second-order valence-electron chi connectivity index (χ2n) is 6.01. The smallest absolute Gasteiger partial charge is 0.270 e. The Morgan fingerprint density at radius 3 is 2.50 bits per heavy atom. The van der Waals surface area contributed by atoms with E-state index < -0.39 is 0 Å². The number of nitrogens with zero attached hydrogens (tertiary/aromatic N) is 3. The van der Waals surface area contributed by atoms with Gasteiger partial charge in [0.1, 0.15) is 5.69 Å². The van der Waals surface area contributed by atoms with Crippen molar-refractivity contribution in [2.24, 2.45) is 7.05 Å². The Labute approximate surface area is 121 Å². The van der Waals surface area contributed by atoms with E-state index in [0.717, 1.165) is 25.9 Å². The van der Waals surface area contributed by atoms with Crippen LogP contribution in [-0.4, -0.2) is 53.5 Å². The van der Waals surface area contributed by atoms with Gasteiger partial charge in [0.05, 0.1) is 5.69 Å². The highest BCUT2D eigenvalue weighted by Crippen LogP contribution is 2.25. The van der Waals surface area contributed by atoms with Gasteiger partial charge in [0.2, 0.25) is 0 Å². The molecule has 5 heteroatoms. The van der Waals surface area contributed by atoms with Crippen molar-refractivity contribution in [1.29, 1.82) is 0 Å². The first kappa shape index (κ1) is 14.9. The van der Waals surface area contributed by atoms with Crippen molar-refractivity contribution in [3.05, 3.63) is 18.0 Å². The predicted molar refractivity (Wildman–Crippen MR) is 81.7 cm³/mol. The first-order valence-corrected chi connectivity index (χ1v) is 7.36. The highest BCUT2D eigenvalue weighted by atomic mass is 16.2. The minimum Gasteiger partial charge on any atom is -0.397 e. The number of likely N-dealkylation sites (N-methyl/N-ethyl adjacent to an activating group) is 1. The van der Waals surface area contributed by atoms with Crippen molar-refractivity contribution < 1.29 is 4.79 Å². The van der Waals surface area contributed by atoms with Gasteiger partial charge in [-0.3, -0.25) is 4.79 Å². The van der Waals surface area contributed by atoms with Crippen LogP contribution in [0.2, 0.25) is 0 Å². The van der Waals surface area contributed by atoms with Crippen molar-refractivity contribution in [3.8, 4) is 0 Å². The van der Waals surface area contributed by atoms with Crippen LogP contribution in [0.5, 0.6) is 0 Å². The van der Waals surface area contributed by atoms with Crippen LogP contribution in [0.3, 0.4) is 0 Å². The van der Waals surface area contributed by atoms with Gasteiger partial charge >= 0.3 is 0 Å². The molecule has 2 rings (SSSR count). The molecule has 0 bridgehead atoms. The van der Waals surface area contributed by atoms with Gasteiger partial charge < -0.3 is 20.1 Å². The Morgan fingerprint density at radius 1 is 1.35 bits per heavy atom. The number of carbonyl (C=O) groups excluding carboxylic acids is 1. The van der Waals surface area contributed by atoms with Crippen molar-refractivity contribution in [1.82, 2.24) is 14.4 Å². The first-order chi connectivity index (χ1) is 9.49. The lowest BCUT2D eigenvalue weighted by atomic mass is 10.2. The Kier molecular flexibility index (Phi) is 4.70. The van der Waals surface area contributed by atoms with Gasteiger partial charge in [0.15, 0.2) is 0 Å². The molecule has 0 unspecified atom stereocenters. The van der Waals surface area contributed by atoms with Crippen LogP contribution < -0.4 is 5.73 Å². The summed E-state index contributed by atoms with van der Waals surface area (Å²) in [5, 5.41) is 0. The maximum Gasteiger partial charge on any atom is 0.270 e. The Morgan fingerprint density at radius 2 is 2.00 bits per heavy atom. The zero-order chi connectivity index (χ0) is 14.7. The number of nitrogen functional groups attached to an aromatic ring is 1. The summed E-state index contributed by atoms with van der Waals surface area (Å²) >= 11 is 0. The van der Waals surface area contributed by atoms with Crippen LogP contribution in [0, 0.1) is 0 Å². The monoisotopic (exact) mass is 278 g/mol. The topological polar surface area (TPSA) is 54.5 Å². The lowest BCUT2D eigenvalue weighted by Gasteiger charge is -2.30. The summed E-state index contributed by atoms with van der Waals surface area (Å²) in [5.74, 6) is 0.109. The average Bonchev–Trinajstić information content (AvgIpc) is 2.99. The minimum absolute atomic E-state index is 0.109. The zero-order valence-electron chi connectivity index (χ0n) is 12.8. The molecule has 112 valence electrons. The van der Waals surface area contributed by atoms with Crippen LogP contribution in [0.15, 0.2) is 12.3 Å². The summed E-state index contributed by atoms with van der Waals surface area (Å²) in [6, 6.07) is 2.17. The van der Waals surface area contributed by atoms with E-state index in [0.29, 0.717) is 17.4 Å². The Balaban J connectivity index is 2.16. The maximum absolute atomic E-state index is 12.8. The fourth-order valence-electron chi connectivity index (χ4n) is 2.92. The lowest BCUT2D eigenvalue weighted by molar-refractivity contribution is 0.0658. The number of nitrogens with two attached hydrogens (primary N) is 1. The minimum atomic E-state index is 0.109. The van der Waals surface area contributed by atoms with E-state index in [1.807, 2.05) is 30.6 Å². The van der Waals surface area contributed by atoms with E-state index in [1.54, 1.807) is 12.3 Å². The molecule has 0 spiro atoms. The molecular formula is C15H26N4O. The molecule has 0 aliphatic heterocycles. The molecule has 0 atom stereocenters. The quantitative estimate of drug-likeness (QED) is 0.889. The normalized spacial score (nSPS) is 16.0. The molecule has 1 saturated carbocycles. The molecule has 1 aromatic heterocycles. The highest BCUT2D eigenvalue weighted by Gasteiger charge is 2.28. The van der Waals surface area contributed by atoms with E-state index in [-0.39, 0.29) is 5.91 Å². The third kappa shape index (κ3) is 3.33. The molecular weight excluding hydrogens is 252 g/mol. The summed E-state index contributed by atoms with van der Waals surface area (Å²) in [6.45, 7) is 1.67. The molecule has 0 radical (unpaired) electrons.